The van der Waals surface area contributed by atoms with Crippen molar-refractivity contribution in [2.45, 2.75) is 26.8 Å². The molecule has 1 aliphatic heterocycles. The van der Waals surface area contributed by atoms with Crippen LogP contribution in [-0.2, 0) is 13.0 Å². The van der Waals surface area contributed by atoms with Crippen molar-refractivity contribution in [1.29, 1.82) is 0 Å². The van der Waals surface area contributed by atoms with Crippen molar-refractivity contribution < 1.29 is 4.74 Å². The summed E-state index contributed by atoms with van der Waals surface area (Å²) < 4.78 is 5.46. The number of hydrogen-bond acceptors (Lipinski definition) is 5. The zero-order valence-corrected chi connectivity index (χ0v) is 17.0. The molecule has 0 unspecified atom stereocenters. The smallest absolute Gasteiger partial charge is 0.229 e. The Morgan fingerprint density at radius 1 is 1.07 bits per heavy atom. The lowest BCUT2D eigenvalue weighted by molar-refractivity contribution is 0.416. The molecule has 6 heteroatoms. The third-order valence-electron chi connectivity index (χ3n) is 5.02. The number of aryl methyl sites for hydroxylation is 2. The summed E-state index contributed by atoms with van der Waals surface area (Å²) in [5.74, 6) is 2.14. The van der Waals surface area contributed by atoms with Gasteiger partial charge in [0, 0.05) is 35.9 Å². The lowest BCUT2D eigenvalue weighted by Gasteiger charge is -2.30. The maximum absolute atomic E-state index is 6.22. The van der Waals surface area contributed by atoms with E-state index in [0.29, 0.717) is 16.7 Å². The minimum Gasteiger partial charge on any atom is -0.495 e. The Bertz CT molecular complexity index is 1020. The van der Waals surface area contributed by atoms with Gasteiger partial charge in [-0.15, -0.1) is 0 Å². The molecule has 1 aromatic heterocycles. The molecule has 5 nitrogen and oxygen atoms in total. The molecule has 3 aromatic rings. The summed E-state index contributed by atoms with van der Waals surface area (Å²) in [6, 6.07) is 14.4. The van der Waals surface area contributed by atoms with E-state index in [9.17, 15) is 0 Å². The molecule has 2 aromatic carbocycles. The van der Waals surface area contributed by atoms with E-state index in [-0.39, 0.29) is 0 Å². The van der Waals surface area contributed by atoms with Crippen LogP contribution in [0.25, 0.3) is 0 Å². The summed E-state index contributed by atoms with van der Waals surface area (Å²) in [6.07, 6.45) is 1.02. The molecule has 0 atom stereocenters. The minimum absolute atomic E-state index is 0.550. The van der Waals surface area contributed by atoms with Gasteiger partial charge in [-0.2, -0.15) is 4.98 Å². The fourth-order valence-corrected chi connectivity index (χ4v) is 3.67. The summed E-state index contributed by atoms with van der Waals surface area (Å²) >= 11 is 6.22. The molecule has 2 heterocycles. The van der Waals surface area contributed by atoms with E-state index < -0.39 is 0 Å². The molecule has 0 aliphatic carbocycles. The van der Waals surface area contributed by atoms with Crippen LogP contribution in [0.15, 0.2) is 42.5 Å². The van der Waals surface area contributed by atoms with Crippen molar-refractivity contribution in [1.82, 2.24) is 9.97 Å². The molecule has 0 bridgehead atoms. The Labute approximate surface area is 170 Å². The van der Waals surface area contributed by atoms with E-state index in [1.54, 1.807) is 13.2 Å². The summed E-state index contributed by atoms with van der Waals surface area (Å²) in [5, 5.41) is 3.97. The van der Waals surface area contributed by atoms with Crippen LogP contribution in [0.5, 0.6) is 5.75 Å². The van der Waals surface area contributed by atoms with Crippen LogP contribution in [0, 0.1) is 13.8 Å². The number of benzene rings is 2. The van der Waals surface area contributed by atoms with Crippen molar-refractivity contribution in [3.05, 3.63) is 69.9 Å². The third kappa shape index (κ3) is 3.76. The number of hydrogen-bond donors (Lipinski definition) is 1. The van der Waals surface area contributed by atoms with E-state index in [1.165, 1.54) is 11.1 Å². The van der Waals surface area contributed by atoms with Crippen LogP contribution >= 0.6 is 11.6 Å². The zero-order valence-electron chi connectivity index (χ0n) is 16.3. The van der Waals surface area contributed by atoms with E-state index in [2.05, 4.69) is 39.5 Å². The van der Waals surface area contributed by atoms with Gasteiger partial charge in [0.05, 0.1) is 12.8 Å². The molecule has 0 saturated carbocycles. The Morgan fingerprint density at radius 3 is 2.64 bits per heavy atom. The van der Waals surface area contributed by atoms with Crippen molar-refractivity contribution >= 4 is 29.1 Å². The Morgan fingerprint density at radius 2 is 1.86 bits per heavy atom. The monoisotopic (exact) mass is 394 g/mol. The van der Waals surface area contributed by atoms with Gasteiger partial charge in [0.25, 0.3) is 0 Å². The van der Waals surface area contributed by atoms with E-state index in [1.807, 2.05) is 26.0 Å². The first-order valence-electron chi connectivity index (χ1n) is 9.32. The van der Waals surface area contributed by atoms with Crippen LogP contribution in [0.4, 0.5) is 17.5 Å². The molecule has 4 rings (SSSR count). The van der Waals surface area contributed by atoms with Crippen molar-refractivity contribution in [2.24, 2.45) is 0 Å². The molecular weight excluding hydrogens is 372 g/mol. The number of aromatic nitrogens is 2. The summed E-state index contributed by atoms with van der Waals surface area (Å²) in [7, 11) is 1.62. The number of nitrogens with one attached hydrogen (secondary N) is 1. The second-order valence-electron chi connectivity index (χ2n) is 7.06. The molecule has 0 saturated heterocycles. The number of methoxy groups -OCH3 is 1. The number of fused-ring (bicyclic) bond motifs is 1. The van der Waals surface area contributed by atoms with Crippen LogP contribution in [-0.4, -0.2) is 23.6 Å². The van der Waals surface area contributed by atoms with Crippen molar-refractivity contribution in [3.8, 4) is 5.75 Å². The van der Waals surface area contributed by atoms with Crippen LogP contribution in [0.2, 0.25) is 5.02 Å². The van der Waals surface area contributed by atoms with Gasteiger partial charge in [-0.25, -0.2) is 4.98 Å². The maximum Gasteiger partial charge on any atom is 0.229 e. The molecule has 1 aliphatic rings. The van der Waals surface area contributed by atoms with Gasteiger partial charge in [-0.05, 0) is 43.0 Å². The molecular formula is C22H23ClN4O. The van der Waals surface area contributed by atoms with Crippen LogP contribution < -0.4 is 15.0 Å². The molecule has 0 amide bonds. The van der Waals surface area contributed by atoms with E-state index in [4.69, 9.17) is 21.3 Å². The van der Waals surface area contributed by atoms with Gasteiger partial charge in [-0.1, -0.05) is 35.9 Å². The third-order valence-corrected chi connectivity index (χ3v) is 5.43. The zero-order chi connectivity index (χ0) is 19.7. The van der Waals surface area contributed by atoms with E-state index >= 15 is 0 Å². The number of anilines is 3. The SMILES string of the molecule is COc1cc(Cl)c(C)cc1Nc1nc(C)cc(N2CCc3ccccc3C2)n1. The van der Waals surface area contributed by atoms with Gasteiger partial charge < -0.3 is 15.0 Å². The summed E-state index contributed by atoms with van der Waals surface area (Å²) in [4.78, 5) is 11.6. The van der Waals surface area contributed by atoms with Gasteiger partial charge in [0.15, 0.2) is 0 Å². The number of nitrogens with zero attached hydrogens (tertiary/aromatic N) is 3. The minimum atomic E-state index is 0.550. The fourth-order valence-electron chi connectivity index (χ4n) is 3.51. The second-order valence-corrected chi connectivity index (χ2v) is 7.47. The maximum atomic E-state index is 6.22. The first-order valence-corrected chi connectivity index (χ1v) is 9.70. The first kappa shape index (κ1) is 18.6. The van der Waals surface area contributed by atoms with Crippen molar-refractivity contribution in [3.63, 3.8) is 0 Å². The predicted molar refractivity (Wildman–Crippen MR) is 114 cm³/mol. The average molecular weight is 395 g/mol. The highest BCUT2D eigenvalue weighted by Crippen LogP contribution is 2.33. The van der Waals surface area contributed by atoms with Gasteiger partial charge in [0.2, 0.25) is 5.95 Å². The Hall–Kier alpha value is -2.79. The highest BCUT2D eigenvalue weighted by atomic mass is 35.5. The Balaban J connectivity index is 1.63. The number of ether oxygens (including phenoxy) is 1. The topological polar surface area (TPSA) is 50.3 Å². The molecule has 0 radical (unpaired) electrons. The normalized spacial score (nSPS) is 13.2. The lowest BCUT2D eigenvalue weighted by Crippen LogP contribution is -2.31. The fraction of sp³-hybridized carbons (Fsp3) is 0.273. The van der Waals surface area contributed by atoms with Crippen molar-refractivity contribution in [2.75, 3.05) is 23.9 Å². The summed E-state index contributed by atoms with van der Waals surface area (Å²) in [5.41, 5.74) is 5.45. The molecule has 0 fully saturated rings. The molecule has 28 heavy (non-hydrogen) atoms. The number of halogens is 1. The molecule has 144 valence electrons. The Kier molecular flexibility index (Phi) is 5.09. The quantitative estimate of drug-likeness (QED) is 0.670. The summed E-state index contributed by atoms with van der Waals surface area (Å²) in [6.45, 7) is 5.74. The van der Waals surface area contributed by atoms with Crippen LogP contribution in [0.3, 0.4) is 0 Å². The predicted octanol–water partition coefficient (Wildman–Crippen LogP) is 5.06. The number of rotatable bonds is 4. The average Bonchev–Trinajstić information content (AvgIpc) is 2.69. The highest BCUT2D eigenvalue weighted by Gasteiger charge is 2.18. The second kappa shape index (κ2) is 7.68. The van der Waals surface area contributed by atoms with Gasteiger partial charge in [0.1, 0.15) is 11.6 Å². The standard InChI is InChI=1S/C22H23ClN4O/c1-14-10-19(20(28-3)12-18(14)23)25-22-24-15(2)11-21(26-22)27-9-8-16-6-4-5-7-17(16)13-27/h4-7,10-12H,8-9,13H2,1-3H3,(H,24,25,26). The molecule has 1 N–H and O–H groups in total. The highest BCUT2D eigenvalue weighted by molar-refractivity contribution is 6.31. The van der Waals surface area contributed by atoms with Gasteiger partial charge in [-0.3, -0.25) is 0 Å². The first-order chi connectivity index (χ1) is 13.5. The largest absolute Gasteiger partial charge is 0.495 e. The van der Waals surface area contributed by atoms with E-state index in [0.717, 1.165) is 42.3 Å². The van der Waals surface area contributed by atoms with Gasteiger partial charge >= 0.3 is 0 Å². The lowest BCUT2D eigenvalue weighted by atomic mass is 10.00. The molecule has 0 spiro atoms. The van der Waals surface area contributed by atoms with Crippen LogP contribution in [0.1, 0.15) is 22.4 Å².